The van der Waals surface area contributed by atoms with Crippen molar-refractivity contribution in [1.82, 2.24) is 0 Å². The van der Waals surface area contributed by atoms with Crippen LogP contribution in [0, 0.1) is 6.92 Å². The number of ether oxygens (including phenoxy) is 1. The second-order valence-electron chi connectivity index (χ2n) is 5.34. The first-order chi connectivity index (χ1) is 9.66. The van der Waals surface area contributed by atoms with Gasteiger partial charge in [-0.25, -0.2) is 0 Å². The Hall–Kier alpha value is -1.80. The van der Waals surface area contributed by atoms with Gasteiger partial charge in [-0.3, -0.25) is 0 Å². The third-order valence-electron chi connectivity index (χ3n) is 3.49. The highest BCUT2D eigenvalue weighted by Gasteiger charge is 2.05. The molecule has 1 unspecified atom stereocenters. The number of hydrogen-bond acceptors (Lipinski definition) is 2. The van der Waals surface area contributed by atoms with E-state index in [-0.39, 0.29) is 6.04 Å². The number of aryl methyl sites for hydroxylation is 2. The van der Waals surface area contributed by atoms with Gasteiger partial charge in [-0.1, -0.05) is 42.5 Å². The summed E-state index contributed by atoms with van der Waals surface area (Å²) in [5.41, 5.74) is 9.56. The number of rotatable bonds is 6. The van der Waals surface area contributed by atoms with E-state index < -0.39 is 0 Å². The maximum absolute atomic E-state index is 6.00. The lowest BCUT2D eigenvalue weighted by Gasteiger charge is -2.13. The SMILES string of the molecule is Cc1ccccc1COc1ccccc1CCC(C)N. The Kier molecular flexibility index (Phi) is 5.19. The van der Waals surface area contributed by atoms with Gasteiger partial charge in [0, 0.05) is 6.04 Å². The summed E-state index contributed by atoms with van der Waals surface area (Å²) in [6, 6.07) is 16.8. The van der Waals surface area contributed by atoms with Gasteiger partial charge < -0.3 is 10.5 Å². The zero-order valence-corrected chi connectivity index (χ0v) is 12.3. The molecule has 1 atom stereocenters. The van der Waals surface area contributed by atoms with E-state index in [1.807, 2.05) is 25.1 Å². The highest BCUT2D eigenvalue weighted by Crippen LogP contribution is 2.21. The van der Waals surface area contributed by atoms with Crippen LogP contribution in [0.5, 0.6) is 5.75 Å². The zero-order chi connectivity index (χ0) is 14.4. The number of benzene rings is 2. The molecule has 0 aliphatic heterocycles. The van der Waals surface area contributed by atoms with E-state index in [4.69, 9.17) is 10.5 Å². The molecule has 20 heavy (non-hydrogen) atoms. The minimum atomic E-state index is 0.222. The van der Waals surface area contributed by atoms with Gasteiger partial charge in [0.1, 0.15) is 12.4 Å². The molecule has 0 aliphatic carbocycles. The summed E-state index contributed by atoms with van der Waals surface area (Å²) in [4.78, 5) is 0. The molecule has 0 heterocycles. The fourth-order valence-corrected chi connectivity index (χ4v) is 2.16. The molecule has 0 spiro atoms. The van der Waals surface area contributed by atoms with E-state index in [1.165, 1.54) is 16.7 Å². The fourth-order valence-electron chi connectivity index (χ4n) is 2.16. The van der Waals surface area contributed by atoms with Crippen LogP contribution in [0.25, 0.3) is 0 Å². The van der Waals surface area contributed by atoms with Crippen molar-refractivity contribution in [3.05, 3.63) is 65.2 Å². The number of hydrogen-bond donors (Lipinski definition) is 1. The maximum atomic E-state index is 6.00. The van der Waals surface area contributed by atoms with Gasteiger partial charge in [-0.05, 0) is 49.4 Å². The third-order valence-corrected chi connectivity index (χ3v) is 3.49. The first-order valence-electron chi connectivity index (χ1n) is 7.17. The molecule has 2 aromatic rings. The molecule has 0 amide bonds. The quantitative estimate of drug-likeness (QED) is 0.864. The van der Waals surface area contributed by atoms with Crippen molar-refractivity contribution in [3.63, 3.8) is 0 Å². The average molecular weight is 269 g/mol. The summed E-state index contributed by atoms with van der Waals surface area (Å²) in [6.45, 7) is 4.76. The number of para-hydroxylation sites is 1. The topological polar surface area (TPSA) is 35.2 Å². The van der Waals surface area contributed by atoms with Crippen LogP contribution < -0.4 is 10.5 Å². The Labute approximate surface area is 121 Å². The Balaban J connectivity index is 2.04. The van der Waals surface area contributed by atoms with E-state index in [9.17, 15) is 0 Å². The summed E-state index contributed by atoms with van der Waals surface area (Å²) in [5, 5.41) is 0. The normalized spacial score (nSPS) is 12.2. The fraction of sp³-hybridized carbons (Fsp3) is 0.333. The van der Waals surface area contributed by atoms with Crippen LogP contribution in [0.2, 0.25) is 0 Å². The minimum Gasteiger partial charge on any atom is -0.489 e. The Bertz CT molecular complexity index is 549. The smallest absolute Gasteiger partial charge is 0.122 e. The second-order valence-corrected chi connectivity index (χ2v) is 5.34. The van der Waals surface area contributed by atoms with E-state index in [2.05, 4.69) is 37.3 Å². The van der Waals surface area contributed by atoms with Crippen molar-refractivity contribution in [1.29, 1.82) is 0 Å². The molecule has 2 aromatic carbocycles. The molecule has 0 radical (unpaired) electrons. The molecule has 2 N–H and O–H groups in total. The van der Waals surface area contributed by atoms with Gasteiger partial charge in [0.15, 0.2) is 0 Å². The molecule has 0 aromatic heterocycles. The van der Waals surface area contributed by atoms with Crippen molar-refractivity contribution >= 4 is 0 Å². The zero-order valence-electron chi connectivity index (χ0n) is 12.3. The molecule has 0 saturated heterocycles. The summed E-state index contributed by atoms with van der Waals surface area (Å²) in [6.07, 6.45) is 1.94. The monoisotopic (exact) mass is 269 g/mol. The van der Waals surface area contributed by atoms with Gasteiger partial charge in [0.05, 0.1) is 0 Å². The Morgan fingerprint density at radius 1 is 1.00 bits per heavy atom. The van der Waals surface area contributed by atoms with Gasteiger partial charge in [0.25, 0.3) is 0 Å². The maximum Gasteiger partial charge on any atom is 0.122 e. The average Bonchev–Trinajstić information content (AvgIpc) is 2.45. The standard InChI is InChI=1S/C18H23NO/c1-14-7-3-4-9-17(14)13-20-18-10-6-5-8-16(18)12-11-15(2)19/h3-10,15H,11-13,19H2,1-2H3. The first kappa shape index (κ1) is 14.6. The first-order valence-corrected chi connectivity index (χ1v) is 7.17. The molecule has 0 aliphatic rings. The van der Waals surface area contributed by atoms with Crippen LogP contribution >= 0.6 is 0 Å². The molecule has 2 nitrogen and oxygen atoms in total. The van der Waals surface area contributed by atoms with E-state index in [1.54, 1.807) is 0 Å². The predicted octanol–water partition coefficient (Wildman–Crippen LogP) is 3.85. The van der Waals surface area contributed by atoms with Crippen LogP contribution in [-0.4, -0.2) is 6.04 Å². The molecule has 0 saturated carbocycles. The molecule has 2 heteroatoms. The van der Waals surface area contributed by atoms with Gasteiger partial charge in [-0.15, -0.1) is 0 Å². The van der Waals surface area contributed by atoms with Crippen molar-refractivity contribution in [3.8, 4) is 5.75 Å². The molecule has 106 valence electrons. The molecule has 2 rings (SSSR count). The molecule has 0 bridgehead atoms. The van der Waals surface area contributed by atoms with Crippen molar-refractivity contribution in [2.24, 2.45) is 5.73 Å². The van der Waals surface area contributed by atoms with E-state index in [0.29, 0.717) is 6.61 Å². The van der Waals surface area contributed by atoms with Crippen LogP contribution in [0.4, 0.5) is 0 Å². The van der Waals surface area contributed by atoms with Crippen LogP contribution in [0.1, 0.15) is 30.0 Å². The Morgan fingerprint density at radius 3 is 2.35 bits per heavy atom. The predicted molar refractivity (Wildman–Crippen MR) is 83.9 cm³/mol. The minimum absolute atomic E-state index is 0.222. The lowest BCUT2D eigenvalue weighted by molar-refractivity contribution is 0.301. The van der Waals surface area contributed by atoms with Crippen molar-refractivity contribution in [2.45, 2.75) is 39.3 Å². The second kappa shape index (κ2) is 7.11. The van der Waals surface area contributed by atoms with E-state index >= 15 is 0 Å². The third kappa shape index (κ3) is 4.10. The number of nitrogens with two attached hydrogens (primary N) is 1. The summed E-state index contributed by atoms with van der Waals surface area (Å²) in [7, 11) is 0. The van der Waals surface area contributed by atoms with Gasteiger partial charge in [0.2, 0.25) is 0 Å². The lowest BCUT2D eigenvalue weighted by Crippen LogP contribution is -2.15. The largest absolute Gasteiger partial charge is 0.489 e. The van der Waals surface area contributed by atoms with Crippen molar-refractivity contribution in [2.75, 3.05) is 0 Å². The van der Waals surface area contributed by atoms with Crippen LogP contribution in [0.15, 0.2) is 48.5 Å². The molecule has 0 fully saturated rings. The summed E-state index contributed by atoms with van der Waals surface area (Å²) < 4.78 is 6.00. The molecular formula is C18H23NO. The Morgan fingerprint density at radius 2 is 1.65 bits per heavy atom. The summed E-state index contributed by atoms with van der Waals surface area (Å²) >= 11 is 0. The molecular weight excluding hydrogens is 246 g/mol. The summed E-state index contributed by atoms with van der Waals surface area (Å²) in [5.74, 6) is 0.969. The highest BCUT2D eigenvalue weighted by atomic mass is 16.5. The van der Waals surface area contributed by atoms with Gasteiger partial charge in [-0.2, -0.15) is 0 Å². The lowest BCUT2D eigenvalue weighted by atomic mass is 10.1. The van der Waals surface area contributed by atoms with E-state index in [0.717, 1.165) is 18.6 Å². The van der Waals surface area contributed by atoms with Crippen LogP contribution in [0.3, 0.4) is 0 Å². The van der Waals surface area contributed by atoms with Crippen LogP contribution in [-0.2, 0) is 13.0 Å². The highest BCUT2D eigenvalue weighted by molar-refractivity contribution is 5.34. The van der Waals surface area contributed by atoms with Crippen molar-refractivity contribution < 1.29 is 4.74 Å². The van der Waals surface area contributed by atoms with Gasteiger partial charge >= 0.3 is 0 Å².